The first-order chi connectivity index (χ1) is 10.2. The Morgan fingerprint density at radius 2 is 2.00 bits per heavy atom. The number of morpholine rings is 1. The lowest BCUT2D eigenvalue weighted by atomic mass is 10.1. The number of ether oxygens (including phenoxy) is 2. The van der Waals surface area contributed by atoms with Gasteiger partial charge in [-0.3, -0.25) is 0 Å². The van der Waals surface area contributed by atoms with Crippen LogP contribution < -0.4 is 9.64 Å². The van der Waals surface area contributed by atoms with Gasteiger partial charge in [-0.25, -0.2) is 0 Å². The van der Waals surface area contributed by atoms with Gasteiger partial charge in [0.15, 0.2) is 0 Å². The van der Waals surface area contributed by atoms with Crippen LogP contribution in [0.3, 0.4) is 0 Å². The molecule has 0 aromatic heterocycles. The van der Waals surface area contributed by atoms with E-state index < -0.39 is 0 Å². The first-order valence-electron chi connectivity index (χ1n) is 7.94. The summed E-state index contributed by atoms with van der Waals surface area (Å²) in [6.45, 7) is 7.43. The van der Waals surface area contributed by atoms with Crippen molar-refractivity contribution in [2.24, 2.45) is 0 Å². The SMILES string of the molecule is CCOc1cc(N2CCOCC2)ccc1CCCN(C)C. The lowest BCUT2D eigenvalue weighted by Crippen LogP contribution is -2.36. The first-order valence-corrected chi connectivity index (χ1v) is 7.94. The van der Waals surface area contributed by atoms with Crippen LogP contribution in [0, 0.1) is 0 Å². The van der Waals surface area contributed by atoms with Crippen molar-refractivity contribution >= 4 is 5.69 Å². The third kappa shape index (κ3) is 4.90. The maximum absolute atomic E-state index is 5.85. The molecule has 1 aliphatic heterocycles. The predicted octanol–water partition coefficient (Wildman–Crippen LogP) is 2.42. The van der Waals surface area contributed by atoms with Crippen LogP contribution in [-0.4, -0.2) is 58.5 Å². The Labute approximate surface area is 128 Å². The molecular weight excluding hydrogens is 264 g/mol. The summed E-state index contributed by atoms with van der Waals surface area (Å²) in [6.07, 6.45) is 2.22. The van der Waals surface area contributed by atoms with Gasteiger partial charge in [-0.1, -0.05) is 6.07 Å². The number of rotatable bonds is 7. The fourth-order valence-electron chi connectivity index (χ4n) is 2.64. The smallest absolute Gasteiger partial charge is 0.124 e. The second-order valence-corrected chi connectivity index (χ2v) is 5.73. The van der Waals surface area contributed by atoms with E-state index in [-0.39, 0.29) is 0 Å². The second kappa shape index (κ2) is 8.25. The molecule has 2 rings (SSSR count). The van der Waals surface area contributed by atoms with Crippen molar-refractivity contribution in [3.05, 3.63) is 23.8 Å². The molecule has 0 saturated carbocycles. The summed E-state index contributed by atoms with van der Waals surface area (Å²) in [7, 11) is 4.23. The van der Waals surface area contributed by atoms with Gasteiger partial charge in [0, 0.05) is 24.8 Å². The minimum Gasteiger partial charge on any atom is -0.494 e. The largest absolute Gasteiger partial charge is 0.494 e. The van der Waals surface area contributed by atoms with Gasteiger partial charge in [0.05, 0.1) is 19.8 Å². The topological polar surface area (TPSA) is 24.9 Å². The zero-order chi connectivity index (χ0) is 15.1. The number of hydrogen-bond acceptors (Lipinski definition) is 4. The molecule has 4 nitrogen and oxygen atoms in total. The van der Waals surface area contributed by atoms with Crippen LogP contribution in [0.5, 0.6) is 5.75 Å². The van der Waals surface area contributed by atoms with Crippen LogP contribution in [-0.2, 0) is 11.2 Å². The maximum Gasteiger partial charge on any atom is 0.124 e. The molecule has 0 unspecified atom stereocenters. The van der Waals surface area contributed by atoms with Crippen LogP contribution >= 0.6 is 0 Å². The zero-order valence-corrected chi connectivity index (χ0v) is 13.6. The molecule has 4 heteroatoms. The molecule has 0 bridgehead atoms. The fourth-order valence-corrected chi connectivity index (χ4v) is 2.64. The lowest BCUT2D eigenvalue weighted by Gasteiger charge is -2.29. The number of aryl methyl sites for hydroxylation is 1. The van der Waals surface area contributed by atoms with Crippen LogP contribution in [0.25, 0.3) is 0 Å². The number of hydrogen-bond donors (Lipinski definition) is 0. The Bertz CT molecular complexity index is 429. The average Bonchev–Trinajstić information content (AvgIpc) is 2.49. The standard InChI is InChI=1S/C17H28N2O2/c1-4-21-17-14-16(19-10-12-20-13-11-19)8-7-15(17)6-5-9-18(2)3/h7-8,14H,4-6,9-13H2,1-3H3. The molecule has 0 aliphatic carbocycles. The van der Waals surface area contributed by atoms with E-state index in [0.29, 0.717) is 6.61 Å². The molecule has 118 valence electrons. The molecule has 0 N–H and O–H groups in total. The van der Waals surface area contributed by atoms with Crippen molar-refractivity contribution in [3.63, 3.8) is 0 Å². The van der Waals surface area contributed by atoms with E-state index in [1.54, 1.807) is 0 Å². The Kier molecular flexibility index (Phi) is 6.33. The third-order valence-corrected chi connectivity index (χ3v) is 3.78. The van der Waals surface area contributed by atoms with Gasteiger partial charge in [-0.15, -0.1) is 0 Å². The summed E-state index contributed by atoms with van der Waals surface area (Å²) in [4.78, 5) is 4.60. The number of anilines is 1. The van der Waals surface area contributed by atoms with Crippen molar-refractivity contribution in [1.29, 1.82) is 0 Å². The minimum atomic E-state index is 0.716. The third-order valence-electron chi connectivity index (χ3n) is 3.78. The Morgan fingerprint density at radius 1 is 1.24 bits per heavy atom. The van der Waals surface area contributed by atoms with E-state index in [1.807, 2.05) is 6.92 Å². The molecule has 1 saturated heterocycles. The van der Waals surface area contributed by atoms with Crippen LogP contribution in [0.15, 0.2) is 18.2 Å². The lowest BCUT2D eigenvalue weighted by molar-refractivity contribution is 0.122. The van der Waals surface area contributed by atoms with E-state index in [0.717, 1.165) is 51.4 Å². The molecule has 0 spiro atoms. The summed E-state index contributed by atoms with van der Waals surface area (Å²) in [5.41, 5.74) is 2.56. The molecular formula is C17H28N2O2. The molecule has 1 aromatic rings. The van der Waals surface area contributed by atoms with Gasteiger partial charge in [-0.2, -0.15) is 0 Å². The summed E-state index contributed by atoms with van der Waals surface area (Å²) in [5, 5.41) is 0. The minimum absolute atomic E-state index is 0.716. The quantitative estimate of drug-likeness (QED) is 0.770. The normalized spacial score (nSPS) is 15.5. The summed E-state index contributed by atoms with van der Waals surface area (Å²) in [6, 6.07) is 6.64. The second-order valence-electron chi connectivity index (χ2n) is 5.73. The van der Waals surface area contributed by atoms with Crippen molar-refractivity contribution in [2.45, 2.75) is 19.8 Å². The molecule has 1 aromatic carbocycles. The number of benzene rings is 1. The summed E-state index contributed by atoms with van der Waals surface area (Å²) in [5.74, 6) is 1.04. The molecule has 0 atom stereocenters. The van der Waals surface area contributed by atoms with E-state index in [1.165, 1.54) is 11.3 Å². The van der Waals surface area contributed by atoms with Gasteiger partial charge < -0.3 is 19.3 Å². The van der Waals surface area contributed by atoms with Crippen molar-refractivity contribution in [1.82, 2.24) is 4.90 Å². The van der Waals surface area contributed by atoms with Crippen molar-refractivity contribution in [2.75, 3.05) is 58.5 Å². The molecule has 1 aliphatic rings. The van der Waals surface area contributed by atoms with E-state index in [2.05, 4.69) is 42.1 Å². The molecule has 0 amide bonds. The zero-order valence-electron chi connectivity index (χ0n) is 13.6. The van der Waals surface area contributed by atoms with Crippen LogP contribution in [0.2, 0.25) is 0 Å². The summed E-state index contributed by atoms with van der Waals surface area (Å²) < 4.78 is 11.3. The van der Waals surface area contributed by atoms with Gasteiger partial charge >= 0.3 is 0 Å². The highest BCUT2D eigenvalue weighted by Gasteiger charge is 2.13. The average molecular weight is 292 g/mol. The van der Waals surface area contributed by atoms with E-state index in [4.69, 9.17) is 9.47 Å². The highest BCUT2D eigenvalue weighted by molar-refractivity contribution is 5.54. The highest BCUT2D eigenvalue weighted by Crippen LogP contribution is 2.27. The van der Waals surface area contributed by atoms with E-state index in [9.17, 15) is 0 Å². The first kappa shape index (κ1) is 16.1. The Morgan fingerprint density at radius 3 is 2.67 bits per heavy atom. The maximum atomic E-state index is 5.85. The van der Waals surface area contributed by atoms with Gasteiger partial charge in [0.2, 0.25) is 0 Å². The van der Waals surface area contributed by atoms with Crippen molar-refractivity contribution < 1.29 is 9.47 Å². The summed E-state index contributed by atoms with van der Waals surface area (Å²) >= 11 is 0. The molecule has 0 radical (unpaired) electrons. The monoisotopic (exact) mass is 292 g/mol. The molecule has 1 heterocycles. The fraction of sp³-hybridized carbons (Fsp3) is 0.647. The Hall–Kier alpha value is -1.26. The molecule has 1 fully saturated rings. The highest BCUT2D eigenvalue weighted by atomic mass is 16.5. The van der Waals surface area contributed by atoms with Crippen LogP contribution in [0.4, 0.5) is 5.69 Å². The number of nitrogens with zero attached hydrogens (tertiary/aromatic N) is 2. The van der Waals surface area contributed by atoms with Crippen molar-refractivity contribution in [3.8, 4) is 5.75 Å². The van der Waals surface area contributed by atoms with Gasteiger partial charge in [0.1, 0.15) is 5.75 Å². The van der Waals surface area contributed by atoms with Gasteiger partial charge in [0.25, 0.3) is 0 Å². The predicted molar refractivity (Wildman–Crippen MR) is 87.5 cm³/mol. The van der Waals surface area contributed by atoms with Gasteiger partial charge in [-0.05, 0) is 52.0 Å². The Balaban J connectivity index is 2.06. The van der Waals surface area contributed by atoms with E-state index >= 15 is 0 Å². The van der Waals surface area contributed by atoms with Crippen LogP contribution in [0.1, 0.15) is 18.9 Å². The molecule has 21 heavy (non-hydrogen) atoms.